The van der Waals surface area contributed by atoms with Gasteiger partial charge in [0.2, 0.25) is 12.7 Å². The number of nitrogens with zero attached hydrogens (tertiary/aromatic N) is 1. The predicted octanol–water partition coefficient (Wildman–Crippen LogP) is 7.08. The molecule has 0 bridgehead atoms. The van der Waals surface area contributed by atoms with Gasteiger partial charge in [-0.25, -0.2) is 0 Å². The molecular weight excluding hydrogens is 718 g/mol. The molecule has 8 nitrogen and oxygen atoms in total. The summed E-state index contributed by atoms with van der Waals surface area (Å²) < 4.78 is 102. The van der Waals surface area contributed by atoms with Crippen LogP contribution in [0.3, 0.4) is 0 Å². The molecular formula is C40H40F6N2O6. The van der Waals surface area contributed by atoms with Crippen LogP contribution in [0.1, 0.15) is 53.1 Å². The van der Waals surface area contributed by atoms with Crippen molar-refractivity contribution in [1.29, 1.82) is 0 Å². The summed E-state index contributed by atoms with van der Waals surface area (Å²) in [5.41, 5.74) is -5.36. The first-order chi connectivity index (χ1) is 25.6. The number of carbonyl (C=O) groups is 1. The molecule has 1 saturated heterocycles. The van der Waals surface area contributed by atoms with Crippen molar-refractivity contribution in [1.82, 2.24) is 10.2 Å². The molecule has 1 fully saturated rings. The van der Waals surface area contributed by atoms with Gasteiger partial charge in [-0.05, 0) is 97.5 Å². The zero-order chi connectivity index (χ0) is 38.7. The van der Waals surface area contributed by atoms with E-state index in [-0.39, 0.29) is 68.4 Å². The Morgan fingerprint density at radius 3 is 1.91 bits per heavy atom. The summed E-state index contributed by atoms with van der Waals surface area (Å²) >= 11 is 0. The molecule has 2 aliphatic rings. The van der Waals surface area contributed by atoms with Gasteiger partial charge in [-0.1, -0.05) is 66.7 Å². The molecule has 2 unspecified atom stereocenters. The Hall–Kier alpha value is -4.79. The van der Waals surface area contributed by atoms with Gasteiger partial charge in [0.25, 0.3) is 5.60 Å². The van der Waals surface area contributed by atoms with E-state index in [9.17, 15) is 41.4 Å². The Morgan fingerprint density at radius 1 is 0.796 bits per heavy atom. The number of fused-ring (bicyclic) bond motifs is 1. The summed E-state index contributed by atoms with van der Waals surface area (Å²) in [6.45, 7) is 1.84. The second-order valence-electron chi connectivity index (χ2n) is 13.6. The molecule has 2 aliphatic heterocycles. The zero-order valence-corrected chi connectivity index (χ0v) is 29.3. The molecule has 0 saturated carbocycles. The summed E-state index contributed by atoms with van der Waals surface area (Å²) in [5.74, 6) is 0.794. The lowest BCUT2D eigenvalue weighted by molar-refractivity contribution is -0.376. The smallest absolute Gasteiger partial charge is 0.430 e. The molecule has 288 valence electrons. The number of aliphatic hydroxyl groups is 2. The fourth-order valence-corrected chi connectivity index (χ4v) is 6.85. The van der Waals surface area contributed by atoms with Crippen LogP contribution in [-0.4, -0.2) is 59.7 Å². The van der Waals surface area contributed by atoms with E-state index < -0.39 is 35.4 Å². The van der Waals surface area contributed by atoms with Gasteiger partial charge in [-0.2, -0.15) is 26.3 Å². The van der Waals surface area contributed by atoms with Gasteiger partial charge in [-0.3, -0.25) is 10.1 Å². The number of nitrogens with one attached hydrogen (secondary N) is 1. The third-order valence-corrected chi connectivity index (χ3v) is 9.92. The van der Waals surface area contributed by atoms with Crippen LogP contribution in [0, 0.1) is 0 Å². The summed E-state index contributed by atoms with van der Waals surface area (Å²) in [4.78, 5) is 14.8. The van der Waals surface area contributed by atoms with Gasteiger partial charge in [0.05, 0.1) is 6.61 Å². The number of amides is 1. The van der Waals surface area contributed by atoms with Crippen molar-refractivity contribution in [3.63, 3.8) is 0 Å². The summed E-state index contributed by atoms with van der Waals surface area (Å²) in [7, 11) is 0. The fraction of sp³-hybridized carbons (Fsp3) is 0.375. The van der Waals surface area contributed by atoms with Gasteiger partial charge in [0, 0.05) is 12.1 Å². The maximum absolute atomic E-state index is 14.2. The number of ether oxygens (including phenoxy) is 3. The topological polar surface area (TPSA) is 100 Å². The molecule has 2 heterocycles. The normalized spacial score (nSPS) is 18.7. The number of rotatable bonds is 14. The minimum absolute atomic E-state index is 0.00378. The highest BCUT2D eigenvalue weighted by Crippen LogP contribution is 2.51. The number of aryl methyl sites for hydroxylation is 4. The highest BCUT2D eigenvalue weighted by Gasteiger charge is 2.71. The first-order valence-corrected chi connectivity index (χ1v) is 17.5. The van der Waals surface area contributed by atoms with Crippen LogP contribution in [0.2, 0.25) is 0 Å². The molecule has 0 aromatic heterocycles. The third kappa shape index (κ3) is 7.87. The Morgan fingerprint density at radius 2 is 1.35 bits per heavy atom. The molecule has 14 heteroatoms. The van der Waals surface area contributed by atoms with Crippen LogP contribution in [0.25, 0.3) is 0 Å². The summed E-state index contributed by atoms with van der Waals surface area (Å²) in [6.07, 6.45) is -12.1. The number of benzene rings is 4. The predicted molar refractivity (Wildman–Crippen MR) is 186 cm³/mol. The SMILES string of the molecule is CC1(c2ccc3c(c2)OCO3)NC(O)N(CCCCOc2c(CCc3ccccc3)cc(C(O)(C(F)(F)F)C(F)(F)F)cc2CCc2ccccc2)C1=O. The van der Waals surface area contributed by atoms with Gasteiger partial charge < -0.3 is 29.3 Å². The van der Waals surface area contributed by atoms with Crippen LogP contribution in [0.5, 0.6) is 17.2 Å². The Kier molecular flexibility index (Phi) is 11.2. The fourth-order valence-electron chi connectivity index (χ4n) is 6.85. The van der Waals surface area contributed by atoms with E-state index in [4.69, 9.17) is 14.2 Å². The Balaban J connectivity index is 1.23. The molecule has 3 N–H and O–H groups in total. The van der Waals surface area contributed by atoms with Crippen LogP contribution >= 0.6 is 0 Å². The molecule has 54 heavy (non-hydrogen) atoms. The average Bonchev–Trinajstić information content (AvgIpc) is 3.70. The number of hydrogen-bond acceptors (Lipinski definition) is 7. The lowest BCUT2D eigenvalue weighted by Gasteiger charge is -2.33. The molecule has 1 amide bonds. The molecule has 0 radical (unpaired) electrons. The van der Waals surface area contributed by atoms with Crippen molar-refractivity contribution < 1.29 is 55.6 Å². The molecule has 4 aromatic carbocycles. The minimum atomic E-state index is -6.06. The largest absolute Gasteiger partial charge is 0.493 e. The number of carbonyl (C=O) groups excluding carboxylic acids is 1. The highest BCUT2D eigenvalue weighted by atomic mass is 19.4. The van der Waals surface area contributed by atoms with E-state index in [0.717, 1.165) is 23.3 Å². The second-order valence-corrected chi connectivity index (χ2v) is 13.6. The van der Waals surface area contributed by atoms with E-state index in [1.54, 1.807) is 85.8 Å². The minimum Gasteiger partial charge on any atom is -0.493 e. The lowest BCUT2D eigenvalue weighted by Crippen LogP contribution is -2.54. The van der Waals surface area contributed by atoms with Crippen molar-refractivity contribution in [2.45, 2.75) is 75.3 Å². The number of hydrogen-bond donors (Lipinski definition) is 3. The van der Waals surface area contributed by atoms with E-state index >= 15 is 0 Å². The van der Waals surface area contributed by atoms with E-state index in [1.807, 2.05) is 0 Å². The maximum atomic E-state index is 14.2. The first kappa shape index (κ1) is 38.9. The van der Waals surface area contributed by atoms with E-state index in [0.29, 0.717) is 29.9 Å². The maximum Gasteiger partial charge on any atom is 0.430 e. The highest BCUT2D eigenvalue weighted by molar-refractivity contribution is 5.89. The van der Waals surface area contributed by atoms with Crippen molar-refractivity contribution in [3.05, 3.63) is 124 Å². The van der Waals surface area contributed by atoms with Gasteiger partial charge in [-0.15, -0.1) is 0 Å². The van der Waals surface area contributed by atoms with Crippen molar-refractivity contribution in [2.75, 3.05) is 19.9 Å². The van der Waals surface area contributed by atoms with Gasteiger partial charge in [0.1, 0.15) is 11.3 Å². The number of aliphatic hydroxyl groups excluding tert-OH is 1. The number of halogens is 6. The van der Waals surface area contributed by atoms with Crippen LogP contribution in [0.4, 0.5) is 26.3 Å². The second kappa shape index (κ2) is 15.5. The molecule has 2 atom stereocenters. The van der Waals surface area contributed by atoms with Crippen molar-refractivity contribution in [2.24, 2.45) is 0 Å². The quantitative estimate of drug-likeness (QED) is 0.0934. The van der Waals surface area contributed by atoms with Crippen LogP contribution in [-0.2, 0) is 41.6 Å². The van der Waals surface area contributed by atoms with Gasteiger partial charge in [0.15, 0.2) is 17.9 Å². The van der Waals surface area contributed by atoms with Gasteiger partial charge >= 0.3 is 12.4 Å². The number of unbranched alkanes of at least 4 members (excludes halogenated alkanes) is 1. The monoisotopic (exact) mass is 758 g/mol. The average molecular weight is 759 g/mol. The lowest BCUT2D eigenvalue weighted by atomic mass is 9.86. The molecule has 4 aromatic rings. The Bertz CT molecular complexity index is 1850. The van der Waals surface area contributed by atoms with Crippen molar-refractivity contribution >= 4 is 5.91 Å². The first-order valence-electron chi connectivity index (χ1n) is 17.5. The van der Waals surface area contributed by atoms with Crippen LogP contribution < -0.4 is 19.5 Å². The molecule has 0 aliphatic carbocycles. The van der Waals surface area contributed by atoms with Crippen molar-refractivity contribution in [3.8, 4) is 17.2 Å². The standard InChI is InChI=1S/C40H40F6N2O6/c1-37(30-18-19-32-33(24-30)54-25-53-32)35(49)48(36(50)47-37)20-8-9-21-52-34-28(16-14-26-10-4-2-5-11-26)22-31(38(51,39(41,42)43)40(44,45)46)23-29(34)17-15-27-12-6-3-7-13-27/h2-7,10-13,18-19,22-24,36,47,50-51H,8-9,14-17,20-21,25H2,1H3. The van der Waals surface area contributed by atoms with Crippen LogP contribution in [0.15, 0.2) is 91.0 Å². The third-order valence-electron chi connectivity index (χ3n) is 9.92. The van der Waals surface area contributed by atoms with E-state index in [1.165, 1.54) is 4.90 Å². The summed E-state index contributed by atoms with van der Waals surface area (Å²) in [5, 5.41) is 24.2. The molecule has 0 spiro atoms. The Labute approximate surface area is 308 Å². The zero-order valence-electron chi connectivity index (χ0n) is 29.3. The number of alkyl halides is 6. The van der Waals surface area contributed by atoms with E-state index in [2.05, 4.69) is 5.32 Å². The summed E-state index contributed by atoms with van der Waals surface area (Å²) in [6, 6.07) is 24.4. The molecule has 6 rings (SSSR count).